The number of amides is 1. The predicted molar refractivity (Wildman–Crippen MR) is 336 cm³/mol. The lowest BCUT2D eigenvalue weighted by Gasteiger charge is -2.20. The van der Waals surface area contributed by atoms with Crippen LogP contribution in [0.1, 0.15) is 367 Å². The lowest BCUT2D eigenvalue weighted by Crippen LogP contribution is -2.45. The highest BCUT2D eigenvalue weighted by molar-refractivity contribution is 5.76. The van der Waals surface area contributed by atoms with Crippen LogP contribution in [0.15, 0.2) is 60.8 Å². The molecular formula is C71H133NO3. The van der Waals surface area contributed by atoms with Crippen molar-refractivity contribution >= 4 is 5.91 Å². The van der Waals surface area contributed by atoms with Gasteiger partial charge in [-0.3, -0.25) is 4.79 Å². The maximum absolute atomic E-state index is 12.5. The van der Waals surface area contributed by atoms with Gasteiger partial charge in [-0.1, -0.05) is 364 Å². The Labute approximate surface area is 470 Å². The summed E-state index contributed by atoms with van der Waals surface area (Å²) in [6.07, 6.45) is 94.4. The molecule has 2 unspecified atom stereocenters. The highest BCUT2D eigenvalue weighted by Gasteiger charge is 2.18. The highest BCUT2D eigenvalue weighted by atomic mass is 16.3. The molecule has 0 rings (SSSR count). The van der Waals surface area contributed by atoms with Crippen LogP contribution in [0.5, 0.6) is 0 Å². The molecule has 4 heteroatoms. The van der Waals surface area contributed by atoms with Crippen LogP contribution in [0, 0.1) is 0 Å². The van der Waals surface area contributed by atoms with Crippen LogP contribution < -0.4 is 5.32 Å². The second-order valence-electron chi connectivity index (χ2n) is 23.2. The van der Waals surface area contributed by atoms with Gasteiger partial charge in [0.1, 0.15) is 0 Å². The number of hydrogen-bond acceptors (Lipinski definition) is 3. The molecule has 0 aliphatic heterocycles. The number of rotatable bonds is 63. The normalized spacial score (nSPS) is 13.1. The van der Waals surface area contributed by atoms with Gasteiger partial charge in [0, 0.05) is 6.42 Å². The summed E-state index contributed by atoms with van der Waals surface area (Å²) in [5.74, 6) is -0.0578. The summed E-state index contributed by atoms with van der Waals surface area (Å²) in [5, 5.41) is 23.3. The number of carbonyl (C=O) groups is 1. The first-order valence-corrected chi connectivity index (χ1v) is 34.0. The van der Waals surface area contributed by atoms with Crippen LogP contribution >= 0.6 is 0 Å². The van der Waals surface area contributed by atoms with Crippen molar-refractivity contribution in [3.8, 4) is 0 Å². The van der Waals surface area contributed by atoms with Crippen LogP contribution in [0.4, 0.5) is 0 Å². The average molecular weight is 1050 g/mol. The number of allylic oxidation sites excluding steroid dienone is 9. The Hall–Kier alpha value is -1.91. The molecule has 0 bridgehead atoms. The molecule has 0 aromatic rings. The van der Waals surface area contributed by atoms with Crippen molar-refractivity contribution < 1.29 is 15.0 Å². The summed E-state index contributed by atoms with van der Waals surface area (Å²) in [6.45, 7) is 4.24. The third-order valence-corrected chi connectivity index (χ3v) is 15.8. The number of nitrogens with one attached hydrogen (secondary N) is 1. The van der Waals surface area contributed by atoms with Gasteiger partial charge in [-0.2, -0.15) is 0 Å². The average Bonchev–Trinajstić information content (AvgIpc) is 3.41. The van der Waals surface area contributed by atoms with Crippen LogP contribution in [0.3, 0.4) is 0 Å². The first-order valence-electron chi connectivity index (χ1n) is 34.0. The van der Waals surface area contributed by atoms with Crippen LogP contribution in [-0.2, 0) is 4.79 Å². The fourth-order valence-corrected chi connectivity index (χ4v) is 10.6. The van der Waals surface area contributed by atoms with E-state index in [1.54, 1.807) is 6.08 Å². The molecule has 4 nitrogen and oxygen atoms in total. The van der Waals surface area contributed by atoms with Gasteiger partial charge in [-0.05, 0) is 57.8 Å². The van der Waals surface area contributed by atoms with Crippen LogP contribution in [-0.4, -0.2) is 34.9 Å². The van der Waals surface area contributed by atoms with Gasteiger partial charge in [0.2, 0.25) is 5.91 Å². The van der Waals surface area contributed by atoms with Crippen molar-refractivity contribution in [1.29, 1.82) is 0 Å². The second kappa shape index (κ2) is 66.4. The van der Waals surface area contributed by atoms with Crippen LogP contribution in [0.25, 0.3) is 0 Å². The van der Waals surface area contributed by atoms with E-state index in [1.165, 1.54) is 295 Å². The SMILES string of the molecule is CC/C=C\C/C=C\C/C=C\C/C=C\CCCCCCCCCCCCCCCCCCCCCCC(=O)NC(CO)C(O)/C=C/CCCCCCCCCCCCCCCCCCCCCCCCCCCCCC. The monoisotopic (exact) mass is 1050 g/mol. The van der Waals surface area contributed by atoms with Crippen molar-refractivity contribution in [3.63, 3.8) is 0 Å². The summed E-state index contributed by atoms with van der Waals surface area (Å²) in [4.78, 5) is 12.5. The van der Waals surface area contributed by atoms with Gasteiger partial charge in [-0.25, -0.2) is 0 Å². The molecule has 0 saturated heterocycles. The standard InChI is InChI=1S/C71H133NO3/c1-3-5-7-9-11-13-15-17-19-21-23-25-27-29-31-33-35-36-37-39-41-43-45-47-49-51-53-55-57-59-61-63-65-67-71(75)72-69(68-73)70(74)66-64-62-60-58-56-54-52-50-48-46-44-42-40-38-34-32-30-28-26-24-22-20-18-16-14-12-10-8-6-4-2/h5,7,11,13,17,19,23,25,64,66,69-70,73-74H,3-4,6,8-10,12,14-16,18,20-22,24,26-63,65,67-68H2,1-2H3,(H,72,75)/b7-5-,13-11-,19-17-,25-23-,66-64+. The molecule has 0 aromatic carbocycles. The summed E-state index contributed by atoms with van der Waals surface area (Å²) < 4.78 is 0. The molecule has 440 valence electrons. The second-order valence-corrected chi connectivity index (χ2v) is 23.2. The molecule has 75 heavy (non-hydrogen) atoms. The first-order chi connectivity index (χ1) is 37.2. The number of unbranched alkanes of at least 4 members (excludes halogenated alkanes) is 48. The summed E-state index contributed by atoms with van der Waals surface area (Å²) in [7, 11) is 0. The Bertz CT molecular complexity index is 1230. The van der Waals surface area contributed by atoms with Gasteiger partial charge >= 0.3 is 0 Å². The van der Waals surface area contributed by atoms with E-state index in [0.717, 1.165) is 51.4 Å². The molecule has 3 N–H and O–H groups in total. The maximum atomic E-state index is 12.5. The molecule has 0 aromatic heterocycles. The Morgan fingerprint density at radius 3 is 0.880 bits per heavy atom. The lowest BCUT2D eigenvalue weighted by atomic mass is 10.0. The maximum Gasteiger partial charge on any atom is 0.220 e. The number of aliphatic hydroxyl groups is 2. The zero-order valence-electron chi connectivity index (χ0n) is 50.8. The number of aliphatic hydroxyl groups excluding tert-OH is 2. The molecule has 1 amide bonds. The smallest absolute Gasteiger partial charge is 0.220 e. The van der Waals surface area contributed by atoms with E-state index < -0.39 is 12.1 Å². The first kappa shape index (κ1) is 73.1. The Morgan fingerprint density at radius 1 is 0.333 bits per heavy atom. The minimum atomic E-state index is -0.841. The van der Waals surface area contributed by atoms with Crippen molar-refractivity contribution in [2.24, 2.45) is 0 Å². The summed E-state index contributed by atoms with van der Waals surface area (Å²) in [5.41, 5.74) is 0. The fourth-order valence-electron chi connectivity index (χ4n) is 10.6. The zero-order valence-corrected chi connectivity index (χ0v) is 50.8. The molecule has 2 atom stereocenters. The van der Waals surface area contributed by atoms with Crippen molar-refractivity contribution in [1.82, 2.24) is 5.32 Å². The quantitative estimate of drug-likeness (QED) is 0.0420. The predicted octanol–water partition coefficient (Wildman–Crippen LogP) is 23.1. The molecular weight excluding hydrogens is 915 g/mol. The molecule has 0 aliphatic rings. The van der Waals surface area contributed by atoms with E-state index in [4.69, 9.17) is 0 Å². The van der Waals surface area contributed by atoms with Gasteiger partial charge in [0.15, 0.2) is 0 Å². The van der Waals surface area contributed by atoms with Gasteiger partial charge in [-0.15, -0.1) is 0 Å². The largest absolute Gasteiger partial charge is 0.394 e. The van der Waals surface area contributed by atoms with Crippen molar-refractivity contribution in [2.45, 2.75) is 379 Å². The molecule has 0 heterocycles. The molecule has 0 radical (unpaired) electrons. The Balaban J connectivity index is 3.43. The summed E-state index contributed by atoms with van der Waals surface area (Å²) >= 11 is 0. The minimum Gasteiger partial charge on any atom is -0.394 e. The van der Waals surface area contributed by atoms with Gasteiger partial charge in [0.25, 0.3) is 0 Å². The highest BCUT2D eigenvalue weighted by Crippen LogP contribution is 2.19. The molecule has 0 fully saturated rings. The van der Waals surface area contributed by atoms with E-state index in [1.807, 2.05) is 6.08 Å². The third kappa shape index (κ3) is 62.8. The molecule has 0 aliphatic carbocycles. The van der Waals surface area contributed by atoms with Crippen molar-refractivity contribution in [3.05, 3.63) is 60.8 Å². The van der Waals surface area contributed by atoms with E-state index in [2.05, 4.69) is 67.8 Å². The topological polar surface area (TPSA) is 69.6 Å². The fraction of sp³-hybridized carbons (Fsp3) is 0.845. The lowest BCUT2D eigenvalue weighted by molar-refractivity contribution is -0.123. The number of hydrogen-bond donors (Lipinski definition) is 3. The van der Waals surface area contributed by atoms with Crippen molar-refractivity contribution in [2.75, 3.05) is 6.61 Å². The minimum absolute atomic E-state index is 0.0578. The third-order valence-electron chi connectivity index (χ3n) is 15.8. The number of carbonyl (C=O) groups excluding carboxylic acids is 1. The summed E-state index contributed by atoms with van der Waals surface area (Å²) in [6, 6.07) is -0.624. The Morgan fingerprint density at radius 2 is 0.587 bits per heavy atom. The molecule has 0 saturated carbocycles. The van der Waals surface area contributed by atoms with E-state index in [9.17, 15) is 15.0 Å². The zero-order chi connectivity index (χ0) is 54.1. The van der Waals surface area contributed by atoms with E-state index in [0.29, 0.717) is 6.42 Å². The van der Waals surface area contributed by atoms with E-state index in [-0.39, 0.29) is 12.5 Å². The van der Waals surface area contributed by atoms with Crippen LogP contribution in [0.2, 0.25) is 0 Å². The van der Waals surface area contributed by atoms with Gasteiger partial charge < -0.3 is 15.5 Å². The Kier molecular flexibility index (Phi) is 64.7. The van der Waals surface area contributed by atoms with E-state index >= 15 is 0 Å². The molecule has 0 spiro atoms. The van der Waals surface area contributed by atoms with Gasteiger partial charge in [0.05, 0.1) is 18.8 Å².